The summed E-state index contributed by atoms with van der Waals surface area (Å²) in [4.78, 5) is 15.4. The lowest BCUT2D eigenvalue weighted by atomic mass is 9.95. The Morgan fingerprint density at radius 3 is 2.67 bits per heavy atom. The standard InChI is InChI=1S/C24H23ClN2O3/c1-30-23-15-7-3-2-6-14(15)9-10-18(23)21-16(8-4-5-13-26)20-17(24(28)29)11-12-19(25)22(20)27-21/h2-3,6-7,9-12,27H,4-5,8,13,26H2,1H3,(H,28,29). The second-order valence-electron chi connectivity index (χ2n) is 7.24. The van der Waals surface area contributed by atoms with Gasteiger partial charge in [0.05, 0.1) is 28.9 Å². The minimum absolute atomic E-state index is 0.236. The van der Waals surface area contributed by atoms with Crippen LogP contribution in [0.15, 0.2) is 48.5 Å². The van der Waals surface area contributed by atoms with Crippen molar-refractivity contribution in [2.75, 3.05) is 13.7 Å². The number of aromatic carboxylic acids is 1. The third-order valence-electron chi connectivity index (χ3n) is 5.47. The fourth-order valence-electron chi connectivity index (χ4n) is 4.10. The van der Waals surface area contributed by atoms with E-state index in [1.165, 1.54) is 0 Å². The summed E-state index contributed by atoms with van der Waals surface area (Å²) in [5, 5.41) is 13.0. The molecule has 0 spiro atoms. The minimum Gasteiger partial charge on any atom is -0.495 e. The van der Waals surface area contributed by atoms with E-state index in [0.29, 0.717) is 28.9 Å². The lowest BCUT2D eigenvalue weighted by Gasteiger charge is -2.13. The van der Waals surface area contributed by atoms with Gasteiger partial charge in [-0.3, -0.25) is 0 Å². The average molecular weight is 423 g/mol. The Morgan fingerprint density at radius 1 is 1.13 bits per heavy atom. The van der Waals surface area contributed by atoms with Crippen LogP contribution in [-0.2, 0) is 6.42 Å². The van der Waals surface area contributed by atoms with Gasteiger partial charge in [-0.1, -0.05) is 41.9 Å². The summed E-state index contributed by atoms with van der Waals surface area (Å²) in [6.45, 7) is 0.587. The number of H-pyrrole nitrogens is 1. The number of carbonyl (C=O) groups is 1. The number of fused-ring (bicyclic) bond motifs is 2. The Bertz CT molecular complexity index is 1250. The van der Waals surface area contributed by atoms with Crippen molar-refractivity contribution in [3.8, 4) is 17.0 Å². The molecule has 0 aliphatic heterocycles. The lowest BCUT2D eigenvalue weighted by Crippen LogP contribution is -2.01. The van der Waals surface area contributed by atoms with E-state index in [0.717, 1.165) is 46.2 Å². The van der Waals surface area contributed by atoms with Crippen LogP contribution in [0.5, 0.6) is 5.75 Å². The number of halogens is 1. The van der Waals surface area contributed by atoms with Crippen molar-refractivity contribution in [1.29, 1.82) is 0 Å². The molecule has 154 valence electrons. The SMILES string of the molecule is COc1c(-c2[nH]c3c(Cl)ccc(C(=O)O)c3c2CCCCN)ccc2ccccc12. The first-order valence-electron chi connectivity index (χ1n) is 9.89. The molecule has 5 nitrogen and oxygen atoms in total. The molecule has 4 aromatic rings. The highest BCUT2D eigenvalue weighted by Gasteiger charge is 2.23. The number of methoxy groups -OCH3 is 1. The first-order valence-corrected chi connectivity index (χ1v) is 10.3. The van der Waals surface area contributed by atoms with Crippen LogP contribution in [-0.4, -0.2) is 29.7 Å². The number of hydrogen-bond donors (Lipinski definition) is 3. The molecule has 0 saturated carbocycles. The minimum atomic E-state index is -0.979. The van der Waals surface area contributed by atoms with Gasteiger partial charge in [0, 0.05) is 16.3 Å². The number of carboxylic acid groups (broad SMARTS) is 1. The van der Waals surface area contributed by atoms with Gasteiger partial charge in [0.25, 0.3) is 0 Å². The Morgan fingerprint density at radius 2 is 1.93 bits per heavy atom. The van der Waals surface area contributed by atoms with Crippen LogP contribution in [0, 0.1) is 0 Å². The van der Waals surface area contributed by atoms with Gasteiger partial charge in [-0.15, -0.1) is 0 Å². The Kier molecular flexibility index (Phi) is 5.66. The summed E-state index contributed by atoms with van der Waals surface area (Å²) >= 11 is 6.46. The molecule has 30 heavy (non-hydrogen) atoms. The second kappa shape index (κ2) is 8.38. The first-order chi connectivity index (χ1) is 14.6. The van der Waals surface area contributed by atoms with Gasteiger partial charge in [-0.05, 0) is 55.0 Å². The van der Waals surface area contributed by atoms with Gasteiger partial charge in [0.1, 0.15) is 5.75 Å². The summed E-state index contributed by atoms with van der Waals surface area (Å²) in [6, 6.07) is 15.2. The zero-order valence-corrected chi connectivity index (χ0v) is 17.4. The maximum absolute atomic E-state index is 12.0. The number of nitrogens with one attached hydrogen (secondary N) is 1. The van der Waals surface area contributed by atoms with Crippen molar-refractivity contribution >= 4 is 39.2 Å². The number of hydrogen-bond acceptors (Lipinski definition) is 3. The van der Waals surface area contributed by atoms with E-state index in [4.69, 9.17) is 22.1 Å². The normalized spacial score (nSPS) is 11.3. The van der Waals surface area contributed by atoms with Crippen molar-refractivity contribution in [3.05, 3.63) is 64.7 Å². The Hall–Kier alpha value is -3.02. The molecule has 0 saturated heterocycles. The monoisotopic (exact) mass is 422 g/mol. The lowest BCUT2D eigenvalue weighted by molar-refractivity contribution is 0.0699. The molecule has 4 rings (SSSR count). The second-order valence-corrected chi connectivity index (χ2v) is 7.65. The van der Waals surface area contributed by atoms with E-state index in [2.05, 4.69) is 4.98 Å². The molecule has 0 atom stereocenters. The highest BCUT2D eigenvalue weighted by Crippen LogP contribution is 2.42. The summed E-state index contributed by atoms with van der Waals surface area (Å²) in [5.74, 6) is -0.236. The molecule has 0 amide bonds. The van der Waals surface area contributed by atoms with Crippen molar-refractivity contribution in [1.82, 2.24) is 4.98 Å². The number of unbranched alkanes of at least 4 members (excludes halogenated alkanes) is 1. The molecule has 0 unspecified atom stereocenters. The summed E-state index contributed by atoms with van der Waals surface area (Å²) in [5.41, 5.74) is 9.20. The van der Waals surface area contributed by atoms with Crippen LogP contribution in [0.1, 0.15) is 28.8 Å². The number of ether oxygens (including phenoxy) is 1. The number of carboxylic acids is 1. The van der Waals surface area contributed by atoms with Crippen molar-refractivity contribution < 1.29 is 14.6 Å². The van der Waals surface area contributed by atoms with E-state index >= 15 is 0 Å². The summed E-state index contributed by atoms with van der Waals surface area (Å²) in [6.07, 6.45) is 2.38. The van der Waals surface area contributed by atoms with Gasteiger partial charge in [-0.25, -0.2) is 4.79 Å². The molecule has 3 aromatic carbocycles. The molecule has 1 heterocycles. The Labute approximate surface area is 179 Å². The molecule has 0 aliphatic rings. The van der Waals surface area contributed by atoms with Gasteiger partial charge in [-0.2, -0.15) is 0 Å². The molecule has 0 radical (unpaired) electrons. The van der Waals surface area contributed by atoms with Crippen molar-refractivity contribution in [2.45, 2.75) is 19.3 Å². The van der Waals surface area contributed by atoms with Crippen LogP contribution in [0.3, 0.4) is 0 Å². The summed E-state index contributed by atoms with van der Waals surface area (Å²) in [7, 11) is 1.65. The maximum atomic E-state index is 12.0. The van der Waals surface area contributed by atoms with Crippen LogP contribution in [0.2, 0.25) is 5.02 Å². The van der Waals surface area contributed by atoms with Crippen molar-refractivity contribution in [3.63, 3.8) is 0 Å². The third-order valence-corrected chi connectivity index (χ3v) is 5.79. The van der Waals surface area contributed by atoms with E-state index in [1.807, 2.05) is 36.4 Å². The van der Waals surface area contributed by atoms with Crippen LogP contribution in [0.4, 0.5) is 0 Å². The molecule has 6 heteroatoms. The molecular weight excluding hydrogens is 400 g/mol. The number of aromatic amines is 1. The average Bonchev–Trinajstić information content (AvgIpc) is 3.13. The Balaban J connectivity index is 2.04. The van der Waals surface area contributed by atoms with Gasteiger partial charge < -0.3 is 20.6 Å². The number of aryl methyl sites for hydroxylation is 1. The number of aromatic nitrogens is 1. The van der Waals surface area contributed by atoms with E-state index in [-0.39, 0.29) is 5.56 Å². The van der Waals surface area contributed by atoms with E-state index in [9.17, 15) is 9.90 Å². The molecule has 0 bridgehead atoms. The van der Waals surface area contributed by atoms with Crippen LogP contribution < -0.4 is 10.5 Å². The number of rotatable bonds is 7. The van der Waals surface area contributed by atoms with E-state index < -0.39 is 5.97 Å². The zero-order valence-electron chi connectivity index (χ0n) is 16.7. The highest BCUT2D eigenvalue weighted by atomic mass is 35.5. The zero-order chi connectivity index (χ0) is 21.3. The first kappa shape index (κ1) is 20.3. The maximum Gasteiger partial charge on any atom is 0.336 e. The smallest absolute Gasteiger partial charge is 0.336 e. The topological polar surface area (TPSA) is 88.3 Å². The van der Waals surface area contributed by atoms with Crippen LogP contribution >= 0.6 is 11.6 Å². The predicted molar refractivity (Wildman–Crippen MR) is 122 cm³/mol. The largest absolute Gasteiger partial charge is 0.495 e. The fraction of sp³-hybridized carbons (Fsp3) is 0.208. The quantitative estimate of drug-likeness (QED) is 0.337. The van der Waals surface area contributed by atoms with E-state index in [1.54, 1.807) is 19.2 Å². The van der Waals surface area contributed by atoms with Gasteiger partial charge >= 0.3 is 5.97 Å². The summed E-state index contributed by atoms with van der Waals surface area (Å²) < 4.78 is 5.81. The molecular formula is C24H23ClN2O3. The van der Waals surface area contributed by atoms with Crippen LogP contribution in [0.25, 0.3) is 32.9 Å². The molecule has 4 N–H and O–H groups in total. The fourth-order valence-corrected chi connectivity index (χ4v) is 4.31. The van der Waals surface area contributed by atoms with Gasteiger partial charge in [0.15, 0.2) is 0 Å². The highest BCUT2D eigenvalue weighted by molar-refractivity contribution is 6.36. The van der Waals surface area contributed by atoms with Gasteiger partial charge in [0.2, 0.25) is 0 Å². The predicted octanol–water partition coefficient (Wildman–Crippen LogP) is 5.63. The molecule has 1 aromatic heterocycles. The number of nitrogens with two attached hydrogens (primary N) is 1. The third kappa shape index (κ3) is 3.40. The molecule has 0 fully saturated rings. The van der Waals surface area contributed by atoms with Crippen molar-refractivity contribution in [2.24, 2.45) is 5.73 Å². The molecule has 0 aliphatic carbocycles. The number of benzene rings is 3.